The van der Waals surface area contributed by atoms with Crippen LogP contribution in [0.4, 0.5) is 0 Å². The smallest absolute Gasteiger partial charge is 0.330 e. The zero-order valence-electron chi connectivity index (χ0n) is 12.8. The van der Waals surface area contributed by atoms with Crippen molar-refractivity contribution in [3.05, 3.63) is 35.5 Å². The minimum atomic E-state index is -0.264. The largest absolute Gasteiger partial charge is 0.463 e. The van der Waals surface area contributed by atoms with E-state index in [4.69, 9.17) is 4.74 Å². The molecule has 0 bridgehead atoms. The first-order valence-electron chi connectivity index (χ1n) is 7.06. The van der Waals surface area contributed by atoms with Crippen molar-refractivity contribution in [3.63, 3.8) is 0 Å². The molecule has 0 saturated heterocycles. The molecule has 0 aliphatic heterocycles. The van der Waals surface area contributed by atoms with Crippen molar-refractivity contribution >= 4 is 5.97 Å². The number of ether oxygens (including phenoxy) is 1. The summed E-state index contributed by atoms with van der Waals surface area (Å²) in [5, 5.41) is 0. The molecule has 0 fully saturated rings. The average molecular weight is 262 g/mol. The van der Waals surface area contributed by atoms with E-state index < -0.39 is 0 Å². The first kappa shape index (κ1) is 15.7. The van der Waals surface area contributed by atoms with Crippen molar-refractivity contribution in [2.75, 3.05) is 6.61 Å². The summed E-state index contributed by atoms with van der Waals surface area (Å²) < 4.78 is 4.91. The number of hydrogen-bond acceptors (Lipinski definition) is 2. The van der Waals surface area contributed by atoms with Crippen LogP contribution in [0.5, 0.6) is 0 Å². The molecule has 0 radical (unpaired) electrons. The van der Waals surface area contributed by atoms with E-state index in [-0.39, 0.29) is 5.97 Å². The van der Waals surface area contributed by atoms with E-state index in [2.05, 4.69) is 32.9 Å². The first-order chi connectivity index (χ1) is 8.86. The molecule has 0 spiro atoms. The van der Waals surface area contributed by atoms with Crippen LogP contribution >= 0.6 is 0 Å². The lowest BCUT2D eigenvalue weighted by Crippen LogP contribution is -2.26. The highest BCUT2D eigenvalue weighted by Crippen LogP contribution is 2.41. The number of esters is 1. The van der Waals surface area contributed by atoms with Gasteiger partial charge >= 0.3 is 5.97 Å². The number of hydrogen-bond donors (Lipinski definition) is 0. The Morgan fingerprint density at radius 3 is 2.79 bits per heavy atom. The lowest BCUT2D eigenvalue weighted by Gasteiger charge is -2.36. The highest BCUT2D eigenvalue weighted by atomic mass is 16.5. The average Bonchev–Trinajstić information content (AvgIpc) is 2.27. The van der Waals surface area contributed by atoms with Crippen LogP contribution in [0.15, 0.2) is 35.5 Å². The van der Waals surface area contributed by atoms with Gasteiger partial charge in [0.1, 0.15) is 0 Å². The van der Waals surface area contributed by atoms with Crippen LogP contribution < -0.4 is 0 Å². The fraction of sp³-hybridized carbons (Fsp3) is 0.588. The molecule has 0 aromatic heterocycles. The van der Waals surface area contributed by atoms with Crippen LogP contribution in [-0.2, 0) is 9.53 Å². The highest BCUT2D eigenvalue weighted by molar-refractivity contribution is 5.83. The van der Waals surface area contributed by atoms with Gasteiger partial charge in [0, 0.05) is 12.0 Å². The second kappa shape index (κ2) is 6.74. The van der Waals surface area contributed by atoms with E-state index in [0.717, 1.165) is 5.57 Å². The lowest BCUT2D eigenvalue weighted by molar-refractivity contribution is -0.137. The molecule has 2 nitrogen and oxygen atoms in total. The number of carbonyl (C=O) groups is 1. The van der Waals surface area contributed by atoms with Gasteiger partial charge in [-0.2, -0.15) is 0 Å². The van der Waals surface area contributed by atoms with Gasteiger partial charge in [-0.3, -0.25) is 0 Å². The van der Waals surface area contributed by atoms with Crippen molar-refractivity contribution in [1.82, 2.24) is 0 Å². The zero-order chi connectivity index (χ0) is 14.5. The molecule has 1 unspecified atom stereocenters. The van der Waals surface area contributed by atoms with Gasteiger partial charge in [-0.1, -0.05) is 37.6 Å². The van der Waals surface area contributed by atoms with Crippen LogP contribution in [0.2, 0.25) is 0 Å². The normalized spacial score (nSPS) is 23.3. The maximum absolute atomic E-state index is 11.4. The van der Waals surface area contributed by atoms with E-state index in [1.165, 1.54) is 18.4 Å². The third-order valence-corrected chi connectivity index (χ3v) is 3.77. The van der Waals surface area contributed by atoms with Gasteiger partial charge in [-0.15, -0.1) is 0 Å². The van der Waals surface area contributed by atoms with Crippen molar-refractivity contribution in [2.24, 2.45) is 11.3 Å². The summed E-state index contributed by atoms with van der Waals surface area (Å²) in [6.45, 7) is 11.0. The number of rotatable bonds is 4. The van der Waals surface area contributed by atoms with Crippen LogP contribution in [0.3, 0.4) is 0 Å². The lowest BCUT2D eigenvalue weighted by atomic mass is 9.68. The van der Waals surface area contributed by atoms with E-state index >= 15 is 0 Å². The number of allylic oxidation sites excluding steroid dienone is 5. The molecule has 1 aliphatic rings. The van der Waals surface area contributed by atoms with E-state index in [1.807, 2.05) is 19.9 Å². The minimum absolute atomic E-state index is 0.264. The molecule has 0 N–H and O–H groups in total. The third kappa shape index (κ3) is 4.70. The Bertz CT molecular complexity index is 411. The molecular formula is C17H26O2. The van der Waals surface area contributed by atoms with Crippen molar-refractivity contribution in [2.45, 2.75) is 47.5 Å². The Morgan fingerprint density at radius 1 is 1.53 bits per heavy atom. The summed E-state index contributed by atoms with van der Waals surface area (Å²) in [5.74, 6) is 0.187. The van der Waals surface area contributed by atoms with E-state index in [1.54, 1.807) is 6.08 Å². The molecule has 0 amide bonds. The predicted octanol–water partition coefficient (Wildman–Crippen LogP) is 4.43. The Kier molecular flexibility index (Phi) is 5.59. The molecule has 1 rings (SSSR count). The van der Waals surface area contributed by atoms with Gasteiger partial charge in [0.25, 0.3) is 0 Å². The molecule has 0 aromatic carbocycles. The number of carbonyl (C=O) groups excluding carboxylic acids is 1. The summed E-state index contributed by atoms with van der Waals surface area (Å²) in [7, 11) is 0. The monoisotopic (exact) mass is 262 g/mol. The van der Waals surface area contributed by atoms with Crippen LogP contribution in [0.25, 0.3) is 0 Å². The van der Waals surface area contributed by atoms with Crippen LogP contribution in [-0.4, -0.2) is 12.6 Å². The Balaban J connectivity index is 2.77. The molecule has 0 saturated carbocycles. The maximum atomic E-state index is 11.4. The van der Waals surface area contributed by atoms with Gasteiger partial charge in [0.15, 0.2) is 0 Å². The topological polar surface area (TPSA) is 26.3 Å². The summed E-state index contributed by atoms with van der Waals surface area (Å²) in [5.41, 5.74) is 2.66. The van der Waals surface area contributed by atoms with Gasteiger partial charge in [0.05, 0.1) is 6.61 Å². The van der Waals surface area contributed by atoms with Crippen LogP contribution in [0, 0.1) is 11.3 Å². The highest BCUT2D eigenvalue weighted by Gasteiger charge is 2.30. The van der Waals surface area contributed by atoms with Crippen molar-refractivity contribution in [1.29, 1.82) is 0 Å². The fourth-order valence-electron chi connectivity index (χ4n) is 2.65. The summed E-state index contributed by atoms with van der Waals surface area (Å²) in [6, 6.07) is 0. The quantitative estimate of drug-likeness (QED) is 0.324. The molecule has 0 aromatic rings. The van der Waals surface area contributed by atoms with Gasteiger partial charge in [0.2, 0.25) is 0 Å². The van der Waals surface area contributed by atoms with Crippen LogP contribution in [0.1, 0.15) is 47.5 Å². The van der Waals surface area contributed by atoms with Crippen molar-refractivity contribution < 1.29 is 9.53 Å². The van der Waals surface area contributed by atoms with Gasteiger partial charge in [-0.05, 0) is 44.6 Å². The third-order valence-electron chi connectivity index (χ3n) is 3.77. The Morgan fingerprint density at radius 2 is 2.21 bits per heavy atom. The van der Waals surface area contributed by atoms with Gasteiger partial charge < -0.3 is 4.74 Å². The van der Waals surface area contributed by atoms with E-state index in [9.17, 15) is 4.79 Å². The summed E-state index contributed by atoms with van der Waals surface area (Å²) >= 11 is 0. The molecular weight excluding hydrogens is 236 g/mol. The fourth-order valence-corrected chi connectivity index (χ4v) is 2.65. The maximum Gasteiger partial charge on any atom is 0.330 e. The summed E-state index contributed by atoms with van der Waals surface area (Å²) in [4.78, 5) is 11.4. The molecule has 19 heavy (non-hydrogen) atoms. The molecule has 106 valence electrons. The molecule has 0 heterocycles. The van der Waals surface area contributed by atoms with Gasteiger partial charge in [-0.25, -0.2) is 4.79 Å². The minimum Gasteiger partial charge on any atom is -0.463 e. The van der Waals surface area contributed by atoms with Crippen molar-refractivity contribution in [3.8, 4) is 0 Å². The SMILES string of the molecule is CCOC(=O)/C=C(C)/C=C/C1C(C)=CCCC1(C)C. The second-order valence-corrected chi connectivity index (χ2v) is 5.95. The molecule has 1 aliphatic carbocycles. The Labute approximate surface area is 117 Å². The summed E-state index contributed by atoms with van der Waals surface area (Å²) in [6.07, 6.45) is 10.5. The molecule has 2 heteroatoms. The standard InChI is InChI=1S/C17H26O2/c1-6-19-16(18)12-13(2)9-10-15-14(3)8-7-11-17(15,4)5/h8-10,12,15H,6-7,11H2,1-5H3/b10-9+,13-12+. The first-order valence-corrected chi connectivity index (χ1v) is 7.06. The van der Waals surface area contributed by atoms with E-state index in [0.29, 0.717) is 17.9 Å². The predicted molar refractivity (Wildman–Crippen MR) is 79.8 cm³/mol. The molecule has 1 atom stereocenters. The Hall–Kier alpha value is -1.31. The zero-order valence-corrected chi connectivity index (χ0v) is 12.8. The second-order valence-electron chi connectivity index (χ2n) is 5.95.